The highest BCUT2D eigenvalue weighted by molar-refractivity contribution is 7.89. The van der Waals surface area contributed by atoms with Crippen molar-refractivity contribution >= 4 is 44.3 Å². The molecular weight excluding hydrogens is 464 g/mol. The third kappa shape index (κ3) is 6.46. The van der Waals surface area contributed by atoms with Gasteiger partial charge in [0.25, 0.3) is 0 Å². The molecule has 3 rings (SSSR count). The number of imidazole rings is 1. The van der Waals surface area contributed by atoms with Crippen LogP contribution in [0.25, 0.3) is 11.0 Å². The molecule has 0 aliphatic rings. The summed E-state index contributed by atoms with van der Waals surface area (Å²) in [5.41, 5.74) is 1.93. The highest BCUT2D eigenvalue weighted by Crippen LogP contribution is 2.28. The minimum atomic E-state index is -3.82. The number of nitrogens with one attached hydrogen (secondary N) is 1. The van der Waals surface area contributed by atoms with Gasteiger partial charge < -0.3 is 14.6 Å². The number of carbonyl (C=O) groups is 1. The van der Waals surface area contributed by atoms with E-state index in [0.29, 0.717) is 53.3 Å². The Morgan fingerprint density at radius 2 is 2.00 bits per heavy atom. The van der Waals surface area contributed by atoms with Gasteiger partial charge in [-0.3, -0.25) is 4.79 Å². The summed E-state index contributed by atoms with van der Waals surface area (Å²) in [6, 6.07) is 9.79. The molecule has 0 saturated carbocycles. The number of halogens is 1. The number of fused-ring (bicyclic) bond motifs is 1. The molecule has 0 fully saturated rings. The van der Waals surface area contributed by atoms with E-state index in [0.717, 1.165) is 11.9 Å². The first-order chi connectivity index (χ1) is 15.6. The molecule has 10 heteroatoms. The molecule has 1 amide bonds. The minimum Gasteiger partial charge on any atom is -0.492 e. The Morgan fingerprint density at radius 1 is 1.24 bits per heavy atom. The number of aromatic nitrogens is 2. The fraction of sp³-hybridized carbons (Fsp3) is 0.391. The van der Waals surface area contributed by atoms with E-state index in [9.17, 15) is 13.2 Å². The van der Waals surface area contributed by atoms with Crippen LogP contribution < -0.4 is 15.2 Å². The van der Waals surface area contributed by atoms with Crippen LogP contribution in [0.2, 0.25) is 5.02 Å². The number of hydrogen-bond donors (Lipinski definition) is 2. The zero-order chi connectivity index (χ0) is 24.2. The van der Waals surface area contributed by atoms with Crippen LogP contribution in [0.3, 0.4) is 0 Å². The van der Waals surface area contributed by atoms with E-state index in [2.05, 4.69) is 24.1 Å². The fourth-order valence-electron chi connectivity index (χ4n) is 3.40. The van der Waals surface area contributed by atoms with Crippen LogP contribution in [0.4, 0.5) is 5.69 Å². The van der Waals surface area contributed by atoms with E-state index in [4.69, 9.17) is 21.5 Å². The van der Waals surface area contributed by atoms with Crippen LogP contribution in [0.1, 0.15) is 39.4 Å². The van der Waals surface area contributed by atoms with Crippen molar-refractivity contribution in [3.8, 4) is 5.75 Å². The van der Waals surface area contributed by atoms with Crippen molar-refractivity contribution < 1.29 is 17.9 Å². The van der Waals surface area contributed by atoms with Gasteiger partial charge in [0, 0.05) is 25.1 Å². The number of sulfonamides is 1. The van der Waals surface area contributed by atoms with Gasteiger partial charge in [-0.25, -0.2) is 18.5 Å². The van der Waals surface area contributed by atoms with Gasteiger partial charge >= 0.3 is 0 Å². The summed E-state index contributed by atoms with van der Waals surface area (Å²) in [7, 11) is -3.82. The Morgan fingerprint density at radius 3 is 2.64 bits per heavy atom. The Kier molecular flexibility index (Phi) is 7.99. The molecule has 0 radical (unpaired) electrons. The second-order valence-electron chi connectivity index (χ2n) is 8.27. The molecule has 3 N–H and O–H groups in total. The second-order valence-corrected chi connectivity index (χ2v) is 10.2. The van der Waals surface area contributed by atoms with Gasteiger partial charge in [0.1, 0.15) is 11.6 Å². The number of aryl methyl sites for hydroxylation is 2. The van der Waals surface area contributed by atoms with Crippen molar-refractivity contribution in [1.29, 1.82) is 0 Å². The first-order valence-corrected chi connectivity index (χ1v) is 12.7. The lowest BCUT2D eigenvalue weighted by Gasteiger charge is -2.12. The molecular formula is C23H29ClN4O4S. The number of nitrogens with two attached hydrogens (primary N) is 1. The number of hydrogen-bond acceptors (Lipinski definition) is 5. The molecule has 3 aromatic rings. The van der Waals surface area contributed by atoms with Gasteiger partial charge in [0.15, 0.2) is 0 Å². The van der Waals surface area contributed by atoms with Gasteiger partial charge in [-0.15, -0.1) is 0 Å². The maximum Gasteiger partial charge on any atom is 0.238 e. The average molecular weight is 493 g/mol. The van der Waals surface area contributed by atoms with Crippen LogP contribution in [-0.4, -0.2) is 30.5 Å². The summed E-state index contributed by atoms with van der Waals surface area (Å²) in [6.45, 7) is 7.41. The number of carbonyl (C=O) groups excluding carboxylic acids is 1. The average Bonchev–Trinajstić information content (AvgIpc) is 3.08. The lowest BCUT2D eigenvalue weighted by atomic mass is 10.2. The van der Waals surface area contributed by atoms with E-state index in [1.807, 2.05) is 11.5 Å². The zero-order valence-corrected chi connectivity index (χ0v) is 20.5. The standard InChI is InChI=1S/C23H29ClN4O4S/c1-4-11-28-20-7-6-17(33(25,30)31)13-19(20)27-22(28)9-10-23(29)26-16-5-8-21(18(24)12-16)32-14-15(2)3/h5-8,12-13,15H,4,9-11,14H2,1-3H3,(H,26,29)(H2,25,30,31). The third-order valence-corrected chi connectivity index (χ3v) is 6.14. The van der Waals surface area contributed by atoms with Crippen molar-refractivity contribution in [2.75, 3.05) is 11.9 Å². The second kappa shape index (κ2) is 10.5. The molecule has 0 aliphatic carbocycles. The predicted octanol–water partition coefficient (Wildman–Crippen LogP) is 4.35. The molecule has 0 saturated heterocycles. The topological polar surface area (TPSA) is 116 Å². The van der Waals surface area contributed by atoms with E-state index in [-0.39, 0.29) is 17.2 Å². The van der Waals surface area contributed by atoms with Gasteiger partial charge in [-0.05, 0) is 48.7 Å². The van der Waals surface area contributed by atoms with Crippen molar-refractivity contribution in [1.82, 2.24) is 9.55 Å². The predicted molar refractivity (Wildman–Crippen MR) is 130 cm³/mol. The number of anilines is 1. The minimum absolute atomic E-state index is 0.0122. The lowest BCUT2D eigenvalue weighted by molar-refractivity contribution is -0.116. The van der Waals surface area contributed by atoms with E-state index in [1.54, 1.807) is 24.3 Å². The fourth-order valence-corrected chi connectivity index (χ4v) is 4.17. The van der Waals surface area contributed by atoms with Crippen LogP contribution in [0.5, 0.6) is 5.75 Å². The molecule has 2 aromatic carbocycles. The molecule has 0 aliphatic heterocycles. The number of nitrogens with zero attached hydrogens (tertiary/aromatic N) is 2. The summed E-state index contributed by atoms with van der Waals surface area (Å²) in [5, 5.41) is 8.52. The first kappa shape index (κ1) is 25.0. The molecule has 0 atom stereocenters. The Hall–Kier alpha value is -2.62. The number of ether oxygens (including phenoxy) is 1. The molecule has 8 nitrogen and oxygen atoms in total. The quantitative estimate of drug-likeness (QED) is 0.436. The zero-order valence-electron chi connectivity index (χ0n) is 19.0. The molecule has 0 unspecified atom stereocenters. The largest absolute Gasteiger partial charge is 0.492 e. The maximum absolute atomic E-state index is 12.5. The summed E-state index contributed by atoms with van der Waals surface area (Å²) in [5.74, 6) is 1.49. The Labute approximate surface area is 199 Å². The smallest absolute Gasteiger partial charge is 0.238 e. The van der Waals surface area contributed by atoms with Crippen molar-refractivity contribution in [3.63, 3.8) is 0 Å². The molecule has 1 aromatic heterocycles. The van der Waals surface area contributed by atoms with Crippen molar-refractivity contribution in [2.45, 2.75) is 51.5 Å². The van der Waals surface area contributed by atoms with Crippen molar-refractivity contribution in [2.24, 2.45) is 11.1 Å². The first-order valence-electron chi connectivity index (χ1n) is 10.8. The van der Waals surface area contributed by atoms with Crippen LogP contribution in [-0.2, 0) is 27.8 Å². The highest BCUT2D eigenvalue weighted by Gasteiger charge is 2.16. The summed E-state index contributed by atoms with van der Waals surface area (Å²) < 4.78 is 31.0. The number of benzene rings is 2. The summed E-state index contributed by atoms with van der Waals surface area (Å²) >= 11 is 6.27. The SMILES string of the molecule is CCCn1c(CCC(=O)Nc2ccc(OCC(C)C)c(Cl)c2)nc2cc(S(N)(=O)=O)ccc21. The molecule has 1 heterocycles. The summed E-state index contributed by atoms with van der Waals surface area (Å²) in [4.78, 5) is 17.1. The number of amides is 1. The van der Waals surface area contributed by atoms with Gasteiger partial charge in [-0.2, -0.15) is 0 Å². The van der Waals surface area contributed by atoms with E-state index in [1.165, 1.54) is 12.1 Å². The van der Waals surface area contributed by atoms with Gasteiger partial charge in [0.2, 0.25) is 15.9 Å². The van der Waals surface area contributed by atoms with Crippen LogP contribution in [0, 0.1) is 5.92 Å². The molecule has 33 heavy (non-hydrogen) atoms. The van der Waals surface area contributed by atoms with Gasteiger partial charge in [-0.1, -0.05) is 32.4 Å². The number of rotatable bonds is 10. The molecule has 178 valence electrons. The third-order valence-electron chi connectivity index (χ3n) is 4.94. The normalized spacial score (nSPS) is 11.8. The monoisotopic (exact) mass is 492 g/mol. The van der Waals surface area contributed by atoms with Gasteiger partial charge in [0.05, 0.1) is 27.6 Å². The van der Waals surface area contributed by atoms with Crippen LogP contribution in [0.15, 0.2) is 41.3 Å². The van der Waals surface area contributed by atoms with Crippen molar-refractivity contribution in [3.05, 3.63) is 47.2 Å². The lowest BCUT2D eigenvalue weighted by Crippen LogP contribution is -2.14. The number of primary sulfonamides is 1. The Bertz CT molecular complexity index is 1250. The van der Waals surface area contributed by atoms with E-state index >= 15 is 0 Å². The van der Waals surface area contributed by atoms with Crippen LogP contribution >= 0.6 is 11.6 Å². The summed E-state index contributed by atoms with van der Waals surface area (Å²) in [6.07, 6.45) is 1.47. The Balaban J connectivity index is 1.71. The molecule has 0 spiro atoms. The van der Waals surface area contributed by atoms with E-state index < -0.39 is 10.0 Å². The maximum atomic E-state index is 12.5. The molecule has 0 bridgehead atoms. The highest BCUT2D eigenvalue weighted by atomic mass is 35.5.